The molecule has 3 aromatic rings. The maximum absolute atomic E-state index is 9.84. The first kappa shape index (κ1) is 17.2. The van der Waals surface area contributed by atoms with Gasteiger partial charge in [0, 0.05) is 12.1 Å². The van der Waals surface area contributed by atoms with Gasteiger partial charge in [0.15, 0.2) is 5.75 Å². The van der Waals surface area contributed by atoms with E-state index in [2.05, 4.69) is 4.90 Å². The van der Waals surface area contributed by atoms with E-state index in [-0.39, 0.29) is 24.1 Å². The number of anilines is 1. The first-order valence-electron chi connectivity index (χ1n) is 8.89. The first-order chi connectivity index (χ1) is 13.2. The van der Waals surface area contributed by atoms with E-state index in [9.17, 15) is 15.3 Å². The Kier molecular flexibility index (Phi) is 4.60. The van der Waals surface area contributed by atoms with Gasteiger partial charge in [0.1, 0.15) is 18.1 Å². The summed E-state index contributed by atoms with van der Waals surface area (Å²) in [6.45, 7) is 0.845. The predicted molar refractivity (Wildman–Crippen MR) is 104 cm³/mol. The first-order valence-corrected chi connectivity index (χ1v) is 8.89. The molecule has 0 saturated carbocycles. The number of hydrogen-bond donors (Lipinski definition) is 3. The Morgan fingerprint density at radius 3 is 2.41 bits per heavy atom. The number of phenols is 2. The number of phenolic OH excluding ortho intramolecular Hbond substituents is 2. The van der Waals surface area contributed by atoms with Crippen LogP contribution in [0.15, 0.2) is 66.7 Å². The highest BCUT2D eigenvalue weighted by Crippen LogP contribution is 2.45. The van der Waals surface area contributed by atoms with Crippen molar-refractivity contribution >= 4 is 5.69 Å². The van der Waals surface area contributed by atoms with Crippen molar-refractivity contribution in [3.05, 3.63) is 72.3 Å². The van der Waals surface area contributed by atoms with Gasteiger partial charge in [-0.05, 0) is 41.5 Å². The summed E-state index contributed by atoms with van der Waals surface area (Å²) >= 11 is 0. The van der Waals surface area contributed by atoms with Crippen molar-refractivity contribution in [3.8, 4) is 28.4 Å². The quantitative estimate of drug-likeness (QED) is 0.659. The van der Waals surface area contributed by atoms with E-state index in [1.807, 2.05) is 30.3 Å². The second kappa shape index (κ2) is 7.21. The molecule has 0 aromatic heterocycles. The maximum Gasteiger partial charge on any atom is 0.150 e. The summed E-state index contributed by atoms with van der Waals surface area (Å²) in [5, 5.41) is 29.3. The minimum atomic E-state index is -0.115. The molecule has 3 aromatic carbocycles. The molecule has 4 rings (SSSR count). The standard InChI is InChI=1S/C22H21NO4/c24-11-10-23-20-9-3-8-19(15-4-1-6-17(25)12-15)22(20)27-14-21(23)16-5-2-7-18(26)13-16/h1-9,12-13,21,24-26H,10-11,14H2. The third-order valence-electron chi connectivity index (χ3n) is 4.82. The Balaban J connectivity index is 1.79. The van der Waals surface area contributed by atoms with Crippen molar-refractivity contribution in [1.82, 2.24) is 0 Å². The fraction of sp³-hybridized carbons (Fsp3) is 0.182. The molecule has 0 saturated heterocycles. The van der Waals surface area contributed by atoms with Gasteiger partial charge in [-0.2, -0.15) is 0 Å². The van der Waals surface area contributed by atoms with Crippen LogP contribution < -0.4 is 9.64 Å². The van der Waals surface area contributed by atoms with Crippen LogP contribution in [0.5, 0.6) is 17.2 Å². The number of nitrogens with zero attached hydrogens (tertiary/aromatic N) is 1. The number of para-hydroxylation sites is 1. The van der Waals surface area contributed by atoms with Crippen LogP contribution in [0, 0.1) is 0 Å². The Morgan fingerprint density at radius 2 is 1.67 bits per heavy atom. The summed E-state index contributed by atoms with van der Waals surface area (Å²) in [6, 6.07) is 19.9. The molecule has 5 nitrogen and oxygen atoms in total. The Labute approximate surface area is 157 Å². The minimum absolute atomic E-state index is 0.00507. The lowest BCUT2D eigenvalue weighted by Gasteiger charge is -2.39. The molecule has 3 N–H and O–H groups in total. The van der Waals surface area contributed by atoms with Gasteiger partial charge in [0.05, 0.1) is 18.3 Å². The number of β-amino-alcohol motifs (C(OH)–C–C–N with tert-alkyl or cyclic N) is 1. The fourth-order valence-corrected chi connectivity index (χ4v) is 3.62. The number of benzene rings is 3. The molecule has 0 spiro atoms. The zero-order valence-electron chi connectivity index (χ0n) is 14.7. The van der Waals surface area contributed by atoms with Crippen LogP contribution >= 0.6 is 0 Å². The van der Waals surface area contributed by atoms with Crippen molar-refractivity contribution < 1.29 is 20.1 Å². The van der Waals surface area contributed by atoms with Crippen LogP contribution in [0.2, 0.25) is 0 Å². The van der Waals surface area contributed by atoms with E-state index in [4.69, 9.17) is 4.74 Å². The molecule has 0 amide bonds. The largest absolute Gasteiger partial charge is 0.508 e. The van der Waals surface area contributed by atoms with Crippen LogP contribution in [0.1, 0.15) is 11.6 Å². The van der Waals surface area contributed by atoms with Gasteiger partial charge in [0.2, 0.25) is 0 Å². The molecule has 0 radical (unpaired) electrons. The Bertz CT molecular complexity index is 957. The summed E-state index contributed by atoms with van der Waals surface area (Å²) in [5.41, 5.74) is 3.56. The smallest absolute Gasteiger partial charge is 0.150 e. The third-order valence-corrected chi connectivity index (χ3v) is 4.82. The van der Waals surface area contributed by atoms with Gasteiger partial charge in [-0.15, -0.1) is 0 Å². The summed E-state index contributed by atoms with van der Waals surface area (Å²) in [5.74, 6) is 1.13. The SMILES string of the molecule is OCCN1c2cccc(-c3cccc(O)c3)c2OCC1c1cccc(O)c1. The topological polar surface area (TPSA) is 73.2 Å². The highest BCUT2D eigenvalue weighted by atomic mass is 16.5. The third kappa shape index (κ3) is 3.29. The lowest BCUT2D eigenvalue weighted by molar-refractivity contribution is 0.246. The van der Waals surface area contributed by atoms with Gasteiger partial charge >= 0.3 is 0 Å². The Hall–Kier alpha value is -3.18. The predicted octanol–water partition coefficient (Wildman–Crippen LogP) is 3.70. The molecule has 1 unspecified atom stereocenters. The average molecular weight is 363 g/mol. The maximum atomic E-state index is 9.84. The van der Waals surface area contributed by atoms with Gasteiger partial charge in [-0.3, -0.25) is 0 Å². The molecule has 1 aliphatic rings. The average Bonchev–Trinajstić information content (AvgIpc) is 2.68. The highest BCUT2D eigenvalue weighted by Gasteiger charge is 2.30. The van der Waals surface area contributed by atoms with E-state index in [0.29, 0.717) is 13.2 Å². The van der Waals surface area contributed by atoms with E-state index in [0.717, 1.165) is 28.1 Å². The summed E-state index contributed by atoms with van der Waals surface area (Å²) in [7, 11) is 0. The second-order valence-corrected chi connectivity index (χ2v) is 6.54. The van der Waals surface area contributed by atoms with Crippen molar-refractivity contribution in [2.75, 3.05) is 24.7 Å². The van der Waals surface area contributed by atoms with Crippen LogP contribution in [-0.2, 0) is 0 Å². The van der Waals surface area contributed by atoms with Gasteiger partial charge < -0.3 is 25.0 Å². The molecule has 1 heterocycles. The molecule has 1 aliphatic heterocycles. The number of aliphatic hydroxyl groups is 1. The zero-order valence-corrected chi connectivity index (χ0v) is 14.7. The van der Waals surface area contributed by atoms with Crippen LogP contribution in [0.4, 0.5) is 5.69 Å². The Morgan fingerprint density at radius 1 is 0.926 bits per heavy atom. The summed E-state index contributed by atoms with van der Waals surface area (Å²) < 4.78 is 6.15. The van der Waals surface area contributed by atoms with Gasteiger partial charge in [-0.25, -0.2) is 0 Å². The van der Waals surface area contributed by atoms with Crippen molar-refractivity contribution in [1.29, 1.82) is 0 Å². The van der Waals surface area contributed by atoms with Crippen molar-refractivity contribution in [2.45, 2.75) is 6.04 Å². The van der Waals surface area contributed by atoms with Crippen LogP contribution in [0.3, 0.4) is 0 Å². The van der Waals surface area contributed by atoms with Crippen LogP contribution in [-0.4, -0.2) is 35.1 Å². The number of ether oxygens (including phenoxy) is 1. The molecule has 0 aliphatic carbocycles. The van der Waals surface area contributed by atoms with E-state index >= 15 is 0 Å². The summed E-state index contributed by atoms with van der Waals surface area (Å²) in [4.78, 5) is 2.10. The minimum Gasteiger partial charge on any atom is -0.508 e. The summed E-state index contributed by atoms with van der Waals surface area (Å²) in [6.07, 6.45) is 0. The number of fused-ring (bicyclic) bond motifs is 1. The normalized spacial score (nSPS) is 15.9. The van der Waals surface area contributed by atoms with Gasteiger partial charge in [-0.1, -0.05) is 36.4 Å². The zero-order chi connectivity index (χ0) is 18.8. The van der Waals surface area contributed by atoms with Crippen LogP contribution in [0.25, 0.3) is 11.1 Å². The molecule has 138 valence electrons. The number of hydrogen-bond acceptors (Lipinski definition) is 5. The van der Waals surface area contributed by atoms with E-state index < -0.39 is 0 Å². The number of aromatic hydroxyl groups is 2. The lowest BCUT2D eigenvalue weighted by Crippen LogP contribution is -2.38. The lowest BCUT2D eigenvalue weighted by atomic mass is 9.98. The van der Waals surface area contributed by atoms with Gasteiger partial charge in [0.25, 0.3) is 0 Å². The molecule has 5 heteroatoms. The van der Waals surface area contributed by atoms with E-state index in [1.54, 1.807) is 36.4 Å². The molecular weight excluding hydrogens is 342 g/mol. The molecule has 1 atom stereocenters. The highest BCUT2D eigenvalue weighted by molar-refractivity contribution is 5.80. The number of rotatable bonds is 4. The number of aliphatic hydroxyl groups excluding tert-OH is 1. The molecule has 0 fully saturated rings. The van der Waals surface area contributed by atoms with E-state index in [1.165, 1.54) is 0 Å². The fourth-order valence-electron chi connectivity index (χ4n) is 3.62. The molecule has 0 bridgehead atoms. The van der Waals surface area contributed by atoms with Crippen molar-refractivity contribution in [2.24, 2.45) is 0 Å². The monoisotopic (exact) mass is 363 g/mol. The second-order valence-electron chi connectivity index (χ2n) is 6.54. The molecule has 27 heavy (non-hydrogen) atoms. The molecular formula is C22H21NO4. The van der Waals surface area contributed by atoms with Crippen molar-refractivity contribution in [3.63, 3.8) is 0 Å².